The zero-order valence-electron chi connectivity index (χ0n) is 11.8. The van der Waals surface area contributed by atoms with E-state index in [1.54, 1.807) is 0 Å². The van der Waals surface area contributed by atoms with E-state index in [4.69, 9.17) is 10.4 Å². The van der Waals surface area contributed by atoms with Crippen molar-refractivity contribution < 1.29 is 5.11 Å². The molecule has 3 heteroatoms. The van der Waals surface area contributed by atoms with Gasteiger partial charge in [-0.05, 0) is 67.7 Å². The molecule has 1 aromatic rings. The van der Waals surface area contributed by atoms with Gasteiger partial charge in [-0.15, -0.1) is 0 Å². The predicted molar refractivity (Wildman–Crippen MR) is 78.3 cm³/mol. The maximum absolute atomic E-state index is 9.04. The normalized spacial score (nSPS) is 31.4. The van der Waals surface area contributed by atoms with Crippen LogP contribution in [-0.2, 0) is 5.41 Å². The lowest BCUT2D eigenvalue weighted by molar-refractivity contribution is 0.273. The van der Waals surface area contributed by atoms with E-state index < -0.39 is 0 Å². The summed E-state index contributed by atoms with van der Waals surface area (Å²) in [6, 6.07) is 11.0. The zero-order chi connectivity index (χ0) is 14.0. The molecule has 0 heterocycles. The number of hydrogen-bond donors (Lipinski definition) is 2. The van der Waals surface area contributed by atoms with Crippen molar-refractivity contribution in [1.82, 2.24) is 5.32 Å². The molecule has 0 aliphatic heterocycles. The minimum atomic E-state index is 0.272. The smallest absolute Gasteiger partial charge is 0.0991 e. The molecule has 2 N–H and O–H groups in total. The fraction of sp³-hybridized carbons (Fsp3) is 0.588. The van der Waals surface area contributed by atoms with Gasteiger partial charge in [-0.2, -0.15) is 5.26 Å². The van der Waals surface area contributed by atoms with Crippen molar-refractivity contribution in [3.63, 3.8) is 0 Å². The third-order valence-electron chi connectivity index (χ3n) is 5.07. The summed E-state index contributed by atoms with van der Waals surface area (Å²) in [6.45, 7) is 1.19. The van der Waals surface area contributed by atoms with Crippen LogP contribution in [-0.4, -0.2) is 24.3 Å². The quantitative estimate of drug-likeness (QED) is 0.807. The Bertz CT molecular complexity index is 522. The first-order chi connectivity index (χ1) is 9.78. The number of aliphatic hydroxyl groups is 1. The van der Waals surface area contributed by atoms with Gasteiger partial charge in [0.1, 0.15) is 0 Å². The van der Waals surface area contributed by atoms with Crippen molar-refractivity contribution in [3.8, 4) is 6.07 Å². The number of nitrogens with zero attached hydrogens (tertiary/aromatic N) is 1. The molecule has 0 aromatic heterocycles. The standard InChI is InChI=1S/C17H22N2O/c18-12-13-3-1-4-14(9-13)17-6-5-16(10-15(17)11-17)19-7-2-8-20/h1,3-4,9,15-16,19-20H,2,5-8,10-11H2/t15-,16?,17+/m1/s1. The highest BCUT2D eigenvalue weighted by Gasteiger charge is 2.57. The Kier molecular flexibility index (Phi) is 3.78. The summed E-state index contributed by atoms with van der Waals surface area (Å²) in [5.41, 5.74) is 2.52. The minimum absolute atomic E-state index is 0.272. The lowest BCUT2D eigenvalue weighted by Crippen LogP contribution is -2.35. The molecule has 2 aliphatic rings. The number of nitrogens with one attached hydrogen (secondary N) is 1. The Hall–Kier alpha value is -1.37. The molecular weight excluding hydrogens is 248 g/mol. The van der Waals surface area contributed by atoms with Crippen molar-refractivity contribution in [2.45, 2.75) is 43.6 Å². The van der Waals surface area contributed by atoms with E-state index in [0.29, 0.717) is 11.5 Å². The molecule has 3 atom stereocenters. The first-order valence-corrected chi connectivity index (χ1v) is 7.63. The van der Waals surface area contributed by atoms with Crippen LogP contribution in [0.15, 0.2) is 24.3 Å². The summed E-state index contributed by atoms with van der Waals surface area (Å²) >= 11 is 0. The number of aliphatic hydroxyl groups excluding tert-OH is 1. The van der Waals surface area contributed by atoms with E-state index >= 15 is 0 Å². The van der Waals surface area contributed by atoms with Gasteiger partial charge in [-0.25, -0.2) is 0 Å². The van der Waals surface area contributed by atoms with Crippen LogP contribution < -0.4 is 5.32 Å². The van der Waals surface area contributed by atoms with Crippen LogP contribution in [0.2, 0.25) is 0 Å². The molecule has 3 rings (SSSR count). The first-order valence-electron chi connectivity index (χ1n) is 7.63. The maximum Gasteiger partial charge on any atom is 0.0991 e. The molecule has 20 heavy (non-hydrogen) atoms. The highest BCUT2D eigenvalue weighted by molar-refractivity contribution is 5.41. The average Bonchev–Trinajstić information content (AvgIpc) is 3.23. The van der Waals surface area contributed by atoms with Gasteiger partial charge in [0, 0.05) is 12.6 Å². The van der Waals surface area contributed by atoms with Crippen molar-refractivity contribution >= 4 is 0 Å². The van der Waals surface area contributed by atoms with E-state index in [-0.39, 0.29) is 6.61 Å². The molecule has 2 fully saturated rings. The second-order valence-electron chi connectivity index (χ2n) is 6.25. The second-order valence-corrected chi connectivity index (χ2v) is 6.25. The third-order valence-corrected chi connectivity index (χ3v) is 5.07. The Morgan fingerprint density at radius 2 is 2.35 bits per heavy atom. The fourth-order valence-corrected chi connectivity index (χ4v) is 3.86. The van der Waals surface area contributed by atoms with Crippen molar-refractivity contribution in [3.05, 3.63) is 35.4 Å². The van der Waals surface area contributed by atoms with Gasteiger partial charge in [0.15, 0.2) is 0 Å². The Morgan fingerprint density at radius 1 is 1.45 bits per heavy atom. The molecule has 0 spiro atoms. The molecule has 3 nitrogen and oxygen atoms in total. The lowest BCUT2D eigenvalue weighted by Gasteiger charge is -2.29. The largest absolute Gasteiger partial charge is 0.396 e. The van der Waals surface area contributed by atoms with E-state index in [9.17, 15) is 0 Å². The van der Waals surface area contributed by atoms with E-state index in [1.807, 2.05) is 12.1 Å². The van der Waals surface area contributed by atoms with Crippen molar-refractivity contribution in [2.24, 2.45) is 5.92 Å². The first kappa shape index (κ1) is 13.6. The van der Waals surface area contributed by atoms with Gasteiger partial charge < -0.3 is 10.4 Å². The molecule has 0 saturated heterocycles. The van der Waals surface area contributed by atoms with Crippen LogP contribution in [0.5, 0.6) is 0 Å². The maximum atomic E-state index is 9.04. The number of nitriles is 1. The molecule has 0 radical (unpaired) electrons. The lowest BCUT2D eigenvalue weighted by atomic mass is 9.80. The van der Waals surface area contributed by atoms with E-state index in [0.717, 1.165) is 24.4 Å². The van der Waals surface area contributed by atoms with Crippen molar-refractivity contribution in [1.29, 1.82) is 5.26 Å². The van der Waals surface area contributed by atoms with Crippen LogP contribution in [0.4, 0.5) is 0 Å². The van der Waals surface area contributed by atoms with Gasteiger partial charge in [0.2, 0.25) is 0 Å². The number of benzene rings is 1. The zero-order valence-corrected chi connectivity index (χ0v) is 11.8. The van der Waals surface area contributed by atoms with Crippen LogP contribution in [0, 0.1) is 17.2 Å². The van der Waals surface area contributed by atoms with Crippen LogP contribution in [0.1, 0.15) is 43.2 Å². The Labute approximate surface area is 120 Å². The van der Waals surface area contributed by atoms with Crippen LogP contribution >= 0.6 is 0 Å². The monoisotopic (exact) mass is 270 g/mol. The van der Waals surface area contributed by atoms with Gasteiger partial charge in [-0.1, -0.05) is 12.1 Å². The molecule has 106 valence electrons. The Morgan fingerprint density at radius 3 is 3.10 bits per heavy atom. The molecule has 0 amide bonds. The minimum Gasteiger partial charge on any atom is -0.396 e. The predicted octanol–water partition coefficient (Wildman–Crippen LogP) is 2.34. The SMILES string of the molecule is N#Cc1cccc([C@@]23CCC(NCCCO)C[C@@H]2C3)c1. The van der Waals surface area contributed by atoms with Gasteiger partial charge in [0.25, 0.3) is 0 Å². The summed E-state index contributed by atoms with van der Waals surface area (Å²) < 4.78 is 0. The molecular formula is C17H22N2O. The Balaban J connectivity index is 1.63. The molecule has 2 aliphatic carbocycles. The van der Waals surface area contributed by atoms with Gasteiger partial charge in [0.05, 0.1) is 11.6 Å². The van der Waals surface area contributed by atoms with Crippen LogP contribution in [0.3, 0.4) is 0 Å². The number of hydrogen-bond acceptors (Lipinski definition) is 3. The fourth-order valence-electron chi connectivity index (χ4n) is 3.86. The highest BCUT2D eigenvalue weighted by atomic mass is 16.3. The molecule has 0 bridgehead atoms. The second kappa shape index (κ2) is 5.55. The van der Waals surface area contributed by atoms with Crippen molar-refractivity contribution in [2.75, 3.05) is 13.2 Å². The number of rotatable bonds is 5. The molecule has 1 aromatic carbocycles. The van der Waals surface area contributed by atoms with Gasteiger partial charge >= 0.3 is 0 Å². The molecule has 2 saturated carbocycles. The van der Waals surface area contributed by atoms with Crippen LogP contribution in [0.25, 0.3) is 0 Å². The third kappa shape index (κ3) is 2.46. The summed E-state index contributed by atoms with van der Waals surface area (Å²) in [5, 5.41) is 21.4. The summed E-state index contributed by atoms with van der Waals surface area (Å²) in [4.78, 5) is 0. The van der Waals surface area contributed by atoms with E-state index in [1.165, 1.54) is 31.2 Å². The van der Waals surface area contributed by atoms with Gasteiger partial charge in [-0.3, -0.25) is 0 Å². The molecule has 1 unspecified atom stereocenters. The average molecular weight is 270 g/mol. The summed E-state index contributed by atoms with van der Waals surface area (Å²) in [7, 11) is 0. The summed E-state index contributed by atoms with van der Waals surface area (Å²) in [6.07, 6.45) is 5.79. The highest BCUT2D eigenvalue weighted by Crippen LogP contribution is 2.62. The number of fused-ring (bicyclic) bond motifs is 1. The summed E-state index contributed by atoms with van der Waals surface area (Å²) in [5.74, 6) is 0.775. The van der Waals surface area contributed by atoms with E-state index in [2.05, 4.69) is 23.5 Å². The topological polar surface area (TPSA) is 56.0 Å².